The molecule has 5 nitrogen and oxygen atoms in total. The number of carbonyl (C=O) groups excluding carboxylic acids is 2. The van der Waals surface area contributed by atoms with Gasteiger partial charge in [0, 0.05) is 19.2 Å². The van der Waals surface area contributed by atoms with Gasteiger partial charge in [-0.1, -0.05) is 19.1 Å². The second-order valence-electron chi connectivity index (χ2n) is 4.11. The molecule has 0 fully saturated rings. The van der Waals surface area contributed by atoms with Crippen molar-refractivity contribution in [1.29, 1.82) is 0 Å². The van der Waals surface area contributed by atoms with Gasteiger partial charge >= 0.3 is 0 Å². The SMILES string of the molecule is CC[C@H](N)C(=O)NCc1ccc(NC(C)=O)cc1. The molecule has 2 amide bonds. The lowest BCUT2D eigenvalue weighted by Crippen LogP contribution is -2.39. The van der Waals surface area contributed by atoms with Crippen LogP contribution in [0, 0.1) is 0 Å². The van der Waals surface area contributed by atoms with Gasteiger partial charge in [0.25, 0.3) is 0 Å². The van der Waals surface area contributed by atoms with Crippen LogP contribution in [-0.2, 0) is 16.1 Å². The molecule has 0 saturated carbocycles. The minimum absolute atomic E-state index is 0.107. The second kappa shape index (κ2) is 6.76. The first-order valence-electron chi connectivity index (χ1n) is 5.92. The fraction of sp³-hybridized carbons (Fsp3) is 0.385. The van der Waals surface area contributed by atoms with Gasteiger partial charge in [-0.25, -0.2) is 0 Å². The van der Waals surface area contributed by atoms with Gasteiger partial charge in [0.2, 0.25) is 11.8 Å². The number of nitrogens with two attached hydrogens (primary N) is 1. The average Bonchev–Trinajstić information content (AvgIpc) is 2.36. The Morgan fingerprint density at radius 3 is 2.39 bits per heavy atom. The molecule has 4 N–H and O–H groups in total. The van der Waals surface area contributed by atoms with Crippen molar-refractivity contribution in [3.8, 4) is 0 Å². The largest absolute Gasteiger partial charge is 0.351 e. The van der Waals surface area contributed by atoms with Crippen molar-refractivity contribution in [1.82, 2.24) is 5.32 Å². The lowest BCUT2D eigenvalue weighted by atomic mass is 10.2. The summed E-state index contributed by atoms with van der Waals surface area (Å²) < 4.78 is 0. The quantitative estimate of drug-likeness (QED) is 0.727. The van der Waals surface area contributed by atoms with E-state index in [9.17, 15) is 9.59 Å². The van der Waals surface area contributed by atoms with Crippen molar-refractivity contribution in [2.75, 3.05) is 5.32 Å². The fourth-order valence-corrected chi connectivity index (χ4v) is 1.41. The van der Waals surface area contributed by atoms with Crippen LogP contribution in [0.5, 0.6) is 0 Å². The molecule has 0 aliphatic heterocycles. The lowest BCUT2D eigenvalue weighted by Gasteiger charge is -2.10. The van der Waals surface area contributed by atoms with Crippen molar-refractivity contribution >= 4 is 17.5 Å². The maximum absolute atomic E-state index is 11.5. The zero-order valence-corrected chi connectivity index (χ0v) is 10.7. The first-order valence-corrected chi connectivity index (χ1v) is 5.92. The smallest absolute Gasteiger partial charge is 0.237 e. The molecular formula is C13H19N3O2. The molecule has 98 valence electrons. The third kappa shape index (κ3) is 4.55. The Morgan fingerprint density at radius 2 is 1.89 bits per heavy atom. The number of amides is 2. The van der Waals surface area contributed by atoms with E-state index in [4.69, 9.17) is 5.73 Å². The Kier molecular flexibility index (Phi) is 5.32. The summed E-state index contributed by atoms with van der Waals surface area (Å²) in [4.78, 5) is 22.3. The van der Waals surface area contributed by atoms with Crippen LogP contribution in [0.15, 0.2) is 24.3 Å². The van der Waals surface area contributed by atoms with Crippen LogP contribution in [0.25, 0.3) is 0 Å². The first-order chi connectivity index (χ1) is 8.52. The molecule has 0 aliphatic carbocycles. The summed E-state index contributed by atoms with van der Waals surface area (Å²) in [7, 11) is 0. The van der Waals surface area contributed by atoms with Gasteiger partial charge in [-0.2, -0.15) is 0 Å². The molecular weight excluding hydrogens is 230 g/mol. The molecule has 18 heavy (non-hydrogen) atoms. The Balaban J connectivity index is 2.49. The maximum Gasteiger partial charge on any atom is 0.237 e. The molecule has 0 saturated heterocycles. The maximum atomic E-state index is 11.5. The molecule has 1 aromatic rings. The first kappa shape index (κ1) is 14.2. The minimum Gasteiger partial charge on any atom is -0.351 e. The molecule has 0 aromatic heterocycles. The van der Waals surface area contributed by atoms with E-state index in [1.165, 1.54) is 6.92 Å². The van der Waals surface area contributed by atoms with Gasteiger partial charge in [-0.05, 0) is 24.1 Å². The predicted octanol–water partition coefficient (Wildman–Crippen LogP) is 0.998. The van der Waals surface area contributed by atoms with E-state index in [1.807, 2.05) is 19.1 Å². The topological polar surface area (TPSA) is 84.2 Å². The number of rotatable bonds is 5. The third-order valence-corrected chi connectivity index (χ3v) is 2.52. The summed E-state index contributed by atoms with van der Waals surface area (Å²) in [6.45, 7) is 3.76. The van der Waals surface area contributed by atoms with E-state index in [0.717, 1.165) is 11.3 Å². The van der Waals surface area contributed by atoms with E-state index < -0.39 is 6.04 Å². The number of anilines is 1. The van der Waals surface area contributed by atoms with Gasteiger partial charge in [-0.15, -0.1) is 0 Å². The standard InChI is InChI=1S/C13H19N3O2/c1-3-12(14)13(18)15-8-10-4-6-11(7-5-10)16-9(2)17/h4-7,12H,3,8,14H2,1-2H3,(H,15,18)(H,16,17)/t12-/m0/s1. The normalized spacial score (nSPS) is 11.7. The summed E-state index contributed by atoms with van der Waals surface area (Å²) in [6.07, 6.45) is 0.618. The molecule has 0 radical (unpaired) electrons. The molecule has 0 heterocycles. The van der Waals surface area contributed by atoms with Gasteiger partial charge in [0.05, 0.1) is 6.04 Å². The summed E-state index contributed by atoms with van der Waals surface area (Å²) >= 11 is 0. The number of benzene rings is 1. The van der Waals surface area contributed by atoms with Crippen LogP contribution in [0.1, 0.15) is 25.8 Å². The molecule has 0 bridgehead atoms. The molecule has 1 atom stereocenters. The highest BCUT2D eigenvalue weighted by molar-refractivity contribution is 5.88. The molecule has 0 aliphatic rings. The second-order valence-corrected chi connectivity index (χ2v) is 4.11. The van der Waals surface area contributed by atoms with Crippen molar-refractivity contribution in [3.63, 3.8) is 0 Å². The lowest BCUT2D eigenvalue weighted by molar-refractivity contribution is -0.122. The van der Waals surface area contributed by atoms with Crippen molar-refractivity contribution in [3.05, 3.63) is 29.8 Å². The number of hydrogen-bond donors (Lipinski definition) is 3. The highest BCUT2D eigenvalue weighted by Crippen LogP contribution is 2.09. The van der Waals surface area contributed by atoms with Crippen LogP contribution < -0.4 is 16.4 Å². The molecule has 0 unspecified atom stereocenters. The van der Waals surface area contributed by atoms with Gasteiger partial charge < -0.3 is 16.4 Å². The number of hydrogen-bond acceptors (Lipinski definition) is 3. The van der Waals surface area contributed by atoms with E-state index in [1.54, 1.807) is 12.1 Å². The molecule has 1 aromatic carbocycles. The van der Waals surface area contributed by atoms with Crippen LogP contribution in [0.3, 0.4) is 0 Å². The molecule has 5 heteroatoms. The summed E-state index contributed by atoms with van der Waals surface area (Å²) in [5.74, 6) is -0.256. The zero-order valence-electron chi connectivity index (χ0n) is 10.7. The van der Waals surface area contributed by atoms with Crippen LogP contribution in [0.4, 0.5) is 5.69 Å². The highest BCUT2D eigenvalue weighted by atomic mass is 16.2. The van der Waals surface area contributed by atoms with Crippen molar-refractivity contribution in [2.24, 2.45) is 5.73 Å². The molecule has 0 spiro atoms. The van der Waals surface area contributed by atoms with Crippen molar-refractivity contribution < 1.29 is 9.59 Å². The monoisotopic (exact) mass is 249 g/mol. The Labute approximate surface area is 107 Å². The van der Waals surface area contributed by atoms with E-state index >= 15 is 0 Å². The van der Waals surface area contributed by atoms with Gasteiger partial charge in [-0.3, -0.25) is 9.59 Å². The Hall–Kier alpha value is -1.88. The van der Waals surface area contributed by atoms with E-state index in [2.05, 4.69) is 10.6 Å². The van der Waals surface area contributed by atoms with Crippen molar-refractivity contribution in [2.45, 2.75) is 32.9 Å². The summed E-state index contributed by atoms with van der Waals surface area (Å²) in [5, 5.41) is 5.44. The van der Waals surface area contributed by atoms with Crippen LogP contribution >= 0.6 is 0 Å². The van der Waals surface area contributed by atoms with Crippen LogP contribution in [-0.4, -0.2) is 17.9 Å². The summed E-state index contributed by atoms with van der Waals surface area (Å²) in [6, 6.07) is 6.83. The minimum atomic E-state index is -0.455. The Bertz CT molecular complexity index is 415. The number of nitrogens with one attached hydrogen (secondary N) is 2. The highest BCUT2D eigenvalue weighted by Gasteiger charge is 2.09. The van der Waals surface area contributed by atoms with Crippen LogP contribution in [0.2, 0.25) is 0 Å². The zero-order chi connectivity index (χ0) is 13.5. The third-order valence-electron chi connectivity index (χ3n) is 2.52. The predicted molar refractivity (Wildman–Crippen MR) is 70.9 cm³/mol. The van der Waals surface area contributed by atoms with E-state index in [0.29, 0.717) is 13.0 Å². The Morgan fingerprint density at radius 1 is 1.28 bits per heavy atom. The fourth-order valence-electron chi connectivity index (χ4n) is 1.41. The number of carbonyl (C=O) groups is 2. The molecule has 1 rings (SSSR count). The summed E-state index contributed by atoms with van der Waals surface area (Å²) in [5.41, 5.74) is 7.30. The van der Waals surface area contributed by atoms with Gasteiger partial charge in [0.1, 0.15) is 0 Å². The van der Waals surface area contributed by atoms with Gasteiger partial charge in [0.15, 0.2) is 0 Å². The average molecular weight is 249 g/mol. The van der Waals surface area contributed by atoms with E-state index in [-0.39, 0.29) is 11.8 Å².